The lowest BCUT2D eigenvalue weighted by atomic mass is 9.87. The lowest BCUT2D eigenvalue weighted by molar-refractivity contribution is -0.121. The lowest BCUT2D eigenvalue weighted by Crippen LogP contribution is -2.40. The molecule has 0 atom stereocenters. The number of amides is 1. The molecule has 0 unspecified atom stereocenters. The first kappa shape index (κ1) is 26.3. The zero-order chi connectivity index (χ0) is 29.2. The van der Waals surface area contributed by atoms with Gasteiger partial charge in [-0.1, -0.05) is 19.1 Å². The minimum Gasteiger partial charge on any atom is -0.477 e. The number of rotatable bonds is 7. The Labute approximate surface area is 241 Å². The van der Waals surface area contributed by atoms with Gasteiger partial charge in [-0.25, -0.2) is 23.7 Å². The minimum atomic E-state index is -0.692. The lowest BCUT2D eigenvalue weighted by Gasteiger charge is -2.32. The molecule has 12 heteroatoms. The molecule has 3 aromatic heterocycles. The fourth-order valence-electron chi connectivity index (χ4n) is 6.27. The van der Waals surface area contributed by atoms with Gasteiger partial charge in [0.05, 0.1) is 6.54 Å². The molecule has 1 N–H and O–H groups in total. The van der Waals surface area contributed by atoms with E-state index in [1.54, 1.807) is 6.08 Å². The summed E-state index contributed by atoms with van der Waals surface area (Å²) >= 11 is 0. The molecular weight excluding hydrogens is 539 g/mol. The van der Waals surface area contributed by atoms with E-state index in [0.29, 0.717) is 13.0 Å². The van der Waals surface area contributed by atoms with Crippen molar-refractivity contribution in [1.29, 1.82) is 0 Å². The third-order valence-electron chi connectivity index (χ3n) is 8.23. The number of hydrogen-bond acceptors (Lipinski definition) is 8. The van der Waals surface area contributed by atoms with E-state index in [2.05, 4.69) is 45.9 Å². The van der Waals surface area contributed by atoms with Crippen molar-refractivity contribution in [1.82, 2.24) is 29.2 Å². The van der Waals surface area contributed by atoms with Crippen LogP contribution < -0.4 is 20.5 Å². The Morgan fingerprint density at radius 3 is 2.81 bits per heavy atom. The van der Waals surface area contributed by atoms with Crippen molar-refractivity contribution in [3.8, 4) is 11.6 Å². The van der Waals surface area contributed by atoms with E-state index in [1.165, 1.54) is 50.5 Å². The van der Waals surface area contributed by atoms with Crippen LogP contribution in [0, 0.1) is 5.82 Å². The van der Waals surface area contributed by atoms with Crippen molar-refractivity contribution >= 4 is 34.4 Å². The van der Waals surface area contributed by atoms with Crippen molar-refractivity contribution in [3.63, 3.8) is 0 Å². The maximum absolute atomic E-state index is 15.4. The molecule has 1 aliphatic carbocycles. The highest BCUT2D eigenvalue weighted by Crippen LogP contribution is 2.52. The van der Waals surface area contributed by atoms with Crippen molar-refractivity contribution in [2.24, 2.45) is 0 Å². The van der Waals surface area contributed by atoms with E-state index in [1.807, 2.05) is 13.0 Å². The van der Waals surface area contributed by atoms with Gasteiger partial charge in [-0.3, -0.25) is 14.5 Å². The first-order valence-corrected chi connectivity index (χ1v) is 14.1. The molecule has 3 aliphatic rings. The van der Waals surface area contributed by atoms with Crippen LogP contribution in [0.2, 0.25) is 0 Å². The van der Waals surface area contributed by atoms with Gasteiger partial charge >= 0.3 is 0 Å². The Bertz CT molecular complexity index is 1830. The van der Waals surface area contributed by atoms with E-state index in [9.17, 15) is 9.59 Å². The topological polar surface area (TPSA) is 110 Å². The number of ether oxygens (including phenoxy) is 1. The summed E-state index contributed by atoms with van der Waals surface area (Å²) in [6, 6.07) is 7.54. The first-order valence-electron chi connectivity index (χ1n) is 14.1. The third kappa shape index (κ3) is 4.16. The number of fused-ring (bicyclic) bond motifs is 4. The predicted octanol–water partition coefficient (Wildman–Crippen LogP) is 3.66. The standard InChI is InChI=1S/C30H31FN8O3/c1-4-10-37-24(40)16-42-25-22(31)13-23(34-27(25)37)39-26-20(28(41)38(39)11-5-2)14-32-29(35-26)33-19-6-7-21-18(12-19)15-36(3)17-30(21)8-9-30/h5-7,12-14H,2,4,8-11,15-17H2,1,3H3,(H,32,33,35). The number of allylic oxidation sites excluding steroid dienone is 1. The van der Waals surface area contributed by atoms with E-state index in [0.717, 1.165) is 18.8 Å². The molecule has 5 heterocycles. The van der Waals surface area contributed by atoms with Gasteiger partial charge in [0.1, 0.15) is 5.39 Å². The highest BCUT2D eigenvalue weighted by Gasteiger charge is 2.48. The molecule has 1 spiro atoms. The smallest absolute Gasteiger partial charge is 0.278 e. The molecule has 1 fully saturated rings. The number of halogens is 1. The van der Waals surface area contributed by atoms with Gasteiger partial charge in [-0.15, -0.1) is 6.58 Å². The maximum atomic E-state index is 15.4. The Morgan fingerprint density at radius 2 is 2.05 bits per heavy atom. The van der Waals surface area contributed by atoms with Crippen LogP contribution in [0.5, 0.6) is 5.75 Å². The number of carbonyl (C=O) groups is 1. The zero-order valence-corrected chi connectivity index (χ0v) is 23.6. The molecule has 11 nitrogen and oxygen atoms in total. The maximum Gasteiger partial charge on any atom is 0.278 e. The summed E-state index contributed by atoms with van der Waals surface area (Å²) in [4.78, 5) is 43.5. The number of nitrogens with zero attached hydrogens (tertiary/aromatic N) is 7. The molecule has 1 amide bonds. The second kappa shape index (κ2) is 9.76. The molecule has 1 saturated carbocycles. The Balaban J connectivity index is 1.33. The van der Waals surface area contributed by atoms with Crippen LogP contribution >= 0.6 is 0 Å². The number of anilines is 3. The van der Waals surface area contributed by atoms with Crippen molar-refractivity contribution in [3.05, 3.63) is 70.4 Å². The van der Waals surface area contributed by atoms with Gasteiger partial charge in [0, 0.05) is 43.0 Å². The molecular formula is C30H31FN8O3. The number of aromatic nitrogens is 5. The molecule has 2 aliphatic heterocycles. The number of hydrogen-bond donors (Lipinski definition) is 1. The zero-order valence-electron chi connectivity index (χ0n) is 23.6. The fraction of sp³-hybridized carbons (Fsp3) is 0.367. The first-order chi connectivity index (χ1) is 20.3. The Morgan fingerprint density at radius 1 is 1.21 bits per heavy atom. The molecule has 42 heavy (non-hydrogen) atoms. The highest BCUT2D eigenvalue weighted by molar-refractivity contribution is 5.96. The average Bonchev–Trinajstić information content (AvgIpc) is 3.67. The van der Waals surface area contributed by atoms with Crippen molar-refractivity contribution in [2.75, 3.05) is 37.0 Å². The Hall–Kier alpha value is -4.58. The largest absolute Gasteiger partial charge is 0.477 e. The monoisotopic (exact) mass is 570 g/mol. The van der Waals surface area contributed by atoms with Crippen LogP contribution in [0.25, 0.3) is 16.9 Å². The number of pyridine rings is 1. The van der Waals surface area contributed by atoms with Gasteiger partial charge in [0.2, 0.25) is 5.95 Å². The van der Waals surface area contributed by atoms with E-state index < -0.39 is 5.82 Å². The molecule has 216 valence electrons. The summed E-state index contributed by atoms with van der Waals surface area (Å²) in [6.07, 6.45) is 6.09. The summed E-state index contributed by atoms with van der Waals surface area (Å²) in [5.74, 6) is -0.668. The average molecular weight is 571 g/mol. The summed E-state index contributed by atoms with van der Waals surface area (Å²) in [7, 11) is 2.15. The van der Waals surface area contributed by atoms with Gasteiger partial charge < -0.3 is 15.0 Å². The predicted molar refractivity (Wildman–Crippen MR) is 156 cm³/mol. The molecule has 1 aromatic carbocycles. The SMILES string of the molecule is C=CCn1c(=O)c2cnc(Nc3ccc4c(c3)CN(C)CC43CC3)nc2n1-c1cc(F)c2c(n1)N(CCC)C(=O)CO2. The molecule has 0 radical (unpaired) electrons. The summed E-state index contributed by atoms with van der Waals surface area (Å²) in [5.41, 5.74) is 3.68. The van der Waals surface area contributed by atoms with E-state index in [4.69, 9.17) is 9.72 Å². The second-order valence-electron chi connectivity index (χ2n) is 11.3. The van der Waals surface area contributed by atoms with Crippen LogP contribution in [0.4, 0.5) is 21.8 Å². The normalized spacial score (nSPS) is 17.2. The molecule has 0 saturated heterocycles. The van der Waals surface area contributed by atoms with Gasteiger partial charge in [0.15, 0.2) is 35.5 Å². The van der Waals surface area contributed by atoms with Gasteiger partial charge in [0.25, 0.3) is 11.5 Å². The number of nitrogens with one attached hydrogen (secondary N) is 1. The second-order valence-corrected chi connectivity index (χ2v) is 11.3. The van der Waals surface area contributed by atoms with Crippen LogP contribution in [-0.2, 0) is 23.3 Å². The van der Waals surface area contributed by atoms with Crippen LogP contribution in [0.15, 0.2) is 47.9 Å². The fourth-order valence-corrected chi connectivity index (χ4v) is 6.27. The minimum absolute atomic E-state index is 0.0717. The third-order valence-corrected chi connectivity index (χ3v) is 8.23. The number of benzene rings is 1. The van der Waals surface area contributed by atoms with Gasteiger partial charge in [-0.2, -0.15) is 4.98 Å². The van der Waals surface area contributed by atoms with Gasteiger partial charge in [-0.05, 0) is 49.6 Å². The summed E-state index contributed by atoms with van der Waals surface area (Å²) < 4.78 is 23.6. The highest BCUT2D eigenvalue weighted by atomic mass is 19.1. The molecule has 0 bridgehead atoms. The quantitative estimate of drug-likeness (QED) is 0.336. The molecule has 4 aromatic rings. The molecule has 7 rings (SSSR count). The van der Waals surface area contributed by atoms with E-state index in [-0.39, 0.29) is 64.4 Å². The Kier molecular flexibility index (Phi) is 6.12. The number of carbonyl (C=O) groups excluding carboxylic acids is 1. The summed E-state index contributed by atoms with van der Waals surface area (Å²) in [5, 5.41) is 3.52. The van der Waals surface area contributed by atoms with Crippen LogP contribution in [-0.4, -0.2) is 61.9 Å². The van der Waals surface area contributed by atoms with E-state index >= 15 is 4.39 Å². The van der Waals surface area contributed by atoms with Crippen molar-refractivity contribution < 1.29 is 13.9 Å². The summed E-state index contributed by atoms with van der Waals surface area (Å²) in [6.45, 7) is 7.85. The van der Waals surface area contributed by atoms with Crippen LogP contribution in [0.1, 0.15) is 37.3 Å². The van der Waals surface area contributed by atoms with Crippen molar-refractivity contribution in [2.45, 2.75) is 44.7 Å². The van der Waals surface area contributed by atoms with Crippen LogP contribution in [0.3, 0.4) is 0 Å². The number of likely N-dealkylation sites (N-methyl/N-ethyl adjacent to an activating group) is 1.